The summed E-state index contributed by atoms with van der Waals surface area (Å²) in [7, 11) is 0. The van der Waals surface area contributed by atoms with Gasteiger partial charge in [-0.15, -0.1) is 0 Å². The van der Waals surface area contributed by atoms with Gasteiger partial charge in [-0.3, -0.25) is 4.79 Å². The first-order chi connectivity index (χ1) is 11.9. The Labute approximate surface area is 143 Å². The van der Waals surface area contributed by atoms with Gasteiger partial charge in [0.25, 0.3) is 0 Å². The molecule has 0 aliphatic carbocycles. The number of carbonyl (C=O) groups is 1. The zero-order chi connectivity index (χ0) is 17.9. The second-order valence-electron chi connectivity index (χ2n) is 5.73. The van der Waals surface area contributed by atoms with Gasteiger partial charge < -0.3 is 0 Å². The Morgan fingerprint density at radius 1 is 0.800 bits per heavy atom. The summed E-state index contributed by atoms with van der Waals surface area (Å²) in [6.45, 7) is 0. The molecule has 4 heteroatoms. The zero-order valence-electron chi connectivity index (χ0n) is 13.3. The molecule has 3 rings (SSSR count). The van der Waals surface area contributed by atoms with Crippen LogP contribution in [0.4, 0.5) is 13.2 Å². The van der Waals surface area contributed by atoms with E-state index in [2.05, 4.69) is 0 Å². The van der Waals surface area contributed by atoms with Gasteiger partial charge in [0.1, 0.15) is 0 Å². The minimum absolute atomic E-state index is 0.0373. The van der Waals surface area contributed by atoms with Gasteiger partial charge in [-0.25, -0.2) is 0 Å². The molecule has 0 aliphatic heterocycles. The first kappa shape index (κ1) is 17.0. The van der Waals surface area contributed by atoms with Gasteiger partial charge in [-0.05, 0) is 29.7 Å². The van der Waals surface area contributed by atoms with Crippen LogP contribution in [0.2, 0.25) is 0 Å². The summed E-state index contributed by atoms with van der Waals surface area (Å²) in [6.07, 6.45) is -3.93. The Bertz CT molecular complexity index is 883. The van der Waals surface area contributed by atoms with E-state index < -0.39 is 17.5 Å². The van der Waals surface area contributed by atoms with E-state index in [9.17, 15) is 18.0 Å². The molecule has 0 amide bonds. The zero-order valence-corrected chi connectivity index (χ0v) is 13.3. The molecule has 0 unspecified atom stereocenters. The molecule has 0 aliphatic rings. The predicted octanol–water partition coefficient (Wildman–Crippen LogP) is 5.53. The fraction of sp³-hybridized carbons (Fsp3) is 0.0952. The molecule has 1 nitrogen and oxygen atoms in total. The SMILES string of the molecule is O=C(c1cccc(C(F)(F)F)c1)c1ccccc1Cc1ccccc1. The van der Waals surface area contributed by atoms with Gasteiger partial charge >= 0.3 is 6.18 Å². The van der Waals surface area contributed by atoms with E-state index in [4.69, 9.17) is 0 Å². The lowest BCUT2D eigenvalue weighted by molar-refractivity contribution is -0.137. The molecule has 3 aromatic carbocycles. The molecule has 0 saturated carbocycles. The third-order valence-electron chi connectivity index (χ3n) is 3.95. The summed E-state index contributed by atoms with van der Waals surface area (Å²) in [5.74, 6) is -0.405. The smallest absolute Gasteiger partial charge is 0.289 e. The number of benzene rings is 3. The second kappa shape index (κ2) is 6.93. The molecule has 0 bridgehead atoms. The van der Waals surface area contributed by atoms with Crippen molar-refractivity contribution in [2.45, 2.75) is 12.6 Å². The van der Waals surface area contributed by atoms with Crippen LogP contribution < -0.4 is 0 Å². The van der Waals surface area contributed by atoms with Crippen LogP contribution in [-0.2, 0) is 12.6 Å². The van der Waals surface area contributed by atoms with E-state index in [0.29, 0.717) is 12.0 Å². The Hall–Kier alpha value is -2.88. The number of alkyl halides is 3. The highest BCUT2D eigenvalue weighted by atomic mass is 19.4. The molecule has 0 radical (unpaired) electrons. The first-order valence-corrected chi connectivity index (χ1v) is 7.79. The normalized spacial score (nSPS) is 11.3. The highest BCUT2D eigenvalue weighted by molar-refractivity contribution is 6.10. The lowest BCUT2D eigenvalue weighted by Gasteiger charge is -2.11. The van der Waals surface area contributed by atoms with Crippen LogP contribution >= 0.6 is 0 Å². The maximum atomic E-state index is 12.9. The standard InChI is InChI=1S/C21H15F3O/c22-21(23,24)18-11-6-10-17(14-18)20(25)19-12-5-4-9-16(19)13-15-7-2-1-3-8-15/h1-12,14H,13H2. The summed E-state index contributed by atoms with van der Waals surface area (Å²) >= 11 is 0. The van der Waals surface area contributed by atoms with Crippen LogP contribution in [0.3, 0.4) is 0 Å². The summed E-state index contributed by atoms with van der Waals surface area (Å²) < 4.78 is 38.7. The molecule has 0 N–H and O–H groups in total. The van der Waals surface area contributed by atoms with Crippen molar-refractivity contribution in [2.75, 3.05) is 0 Å². The minimum Gasteiger partial charge on any atom is -0.289 e. The van der Waals surface area contributed by atoms with Crippen LogP contribution in [-0.4, -0.2) is 5.78 Å². The third kappa shape index (κ3) is 3.97. The third-order valence-corrected chi connectivity index (χ3v) is 3.95. The lowest BCUT2D eigenvalue weighted by atomic mass is 9.93. The minimum atomic E-state index is -4.47. The first-order valence-electron chi connectivity index (χ1n) is 7.79. The number of carbonyl (C=O) groups excluding carboxylic acids is 1. The molecular weight excluding hydrogens is 325 g/mol. The average molecular weight is 340 g/mol. The Morgan fingerprint density at radius 3 is 2.20 bits per heavy atom. The van der Waals surface area contributed by atoms with E-state index in [1.807, 2.05) is 42.5 Å². The Morgan fingerprint density at radius 2 is 1.48 bits per heavy atom. The summed E-state index contributed by atoms with van der Waals surface area (Å²) in [5.41, 5.74) is 1.46. The van der Waals surface area contributed by atoms with Crippen molar-refractivity contribution >= 4 is 5.78 Å². The van der Waals surface area contributed by atoms with Crippen LogP contribution in [0.15, 0.2) is 78.9 Å². The van der Waals surface area contributed by atoms with Crippen LogP contribution in [0.25, 0.3) is 0 Å². The molecule has 0 atom stereocenters. The fourth-order valence-electron chi connectivity index (χ4n) is 2.70. The van der Waals surface area contributed by atoms with Crippen LogP contribution in [0, 0.1) is 0 Å². The maximum absolute atomic E-state index is 12.9. The summed E-state index contributed by atoms with van der Waals surface area (Å²) in [6, 6.07) is 21.2. The van der Waals surface area contributed by atoms with Crippen molar-refractivity contribution < 1.29 is 18.0 Å². The molecule has 25 heavy (non-hydrogen) atoms. The van der Waals surface area contributed by atoms with Crippen molar-refractivity contribution in [3.8, 4) is 0 Å². The molecular formula is C21H15F3O. The van der Waals surface area contributed by atoms with Gasteiger partial charge in [0.2, 0.25) is 0 Å². The van der Waals surface area contributed by atoms with Crippen LogP contribution in [0.1, 0.15) is 32.6 Å². The molecule has 0 heterocycles. The average Bonchev–Trinajstić information content (AvgIpc) is 2.62. The van der Waals surface area contributed by atoms with Crippen molar-refractivity contribution in [1.82, 2.24) is 0 Å². The highest BCUT2D eigenvalue weighted by Crippen LogP contribution is 2.30. The maximum Gasteiger partial charge on any atom is 0.416 e. The van der Waals surface area contributed by atoms with E-state index in [1.165, 1.54) is 12.1 Å². The van der Waals surface area contributed by atoms with E-state index >= 15 is 0 Å². The van der Waals surface area contributed by atoms with Gasteiger partial charge in [-0.2, -0.15) is 13.2 Å². The van der Waals surface area contributed by atoms with Crippen molar-refractivity contribution in [1.29, 1.82) is 0 Å². The van der Waals surface area contributed by atoms with E-state index in [1.54, 1.807) is 12.1 Å². The van der Waals surface area contributed by atoms with E-state index in [0.717, 1.165) is 23.3 Å². The number of hydrogen-bond donors (Lipinski definition) is 0. The molecule has 0 saturated heterocycles. The second-order valence-corrected chi connectivity index (χ2v) is 5.73. The number of hydrogen-bond acceptors (Lipinski definition) is 1. The van der Waals surface area contributed by atoms with Gasteiger partial charge in [0.15, 0.2) is 5.78 Å². The van der Waals surface area contributed by atoms with Gasteiger partial charge in [0, 0.05) is 11.1 Å². The molecule has 0 spiro atoms. The van der Waals surface area contributed by atoms with Gasteiger partial charge in [0.05, 0.1) is 5.56 Å². The van der Waals surface area contributed by atoms with Crippen LogP contribution in [0.5, 0.6) is 0 Å². The predicted molar refractivity (Wildman–Crippen MR) is 90.6 cm³/mol. The number of halogens is 3. The monoisotopic (exact) mass is 340 g/mol. The van der Waals surface area contributed by atoms with Crippen molar-refractivity contribution in [3.63, 3.8) is 0 Å². The molecule has 126 valence electrons. The highest BCUT2D eigenvalue weighted by Gasteiger charge is 2.31. The van der Waals surface area contributed by atoms with Gasteiger partial charge in [-0.1, -0.05) is 66.7 Å². The number of ketones is 1. The molecule has 3 aromatic rings. The fourth-order valence-corrected chi connectivity index (χ4v) is 2.70. The number of rotatable bonds is 4. The largest absolute Gasteiger partial charge is 0.416 e. The van der Waals surface area contributed by atoms with Crippen molar-refractivity contribution in [3.05, 3.63) is 107 Å². The van der Waals surface area contributed by atoms with E-state index in [-0.39, 0.29) is 5.56 Å². The molecule has 0 aromatic heterocycles. The topological polar surface area (TPSA) is 17.1 Å². The summed E-state index contributed by atoms with van der Waals surface area (Å²) in [5, 5.41) is 0. The Balaban J connectivity index is 1.96. The molecule has 0 fully saturated rings. The van der Waals surface area contributed by atoms with Crippen molar-refractivity contribution in [2.24, 2.45) is 0 Å². The Kier molecular flexibility index (Phi) is 4.70. The quantitative estimate of drug-likeness (QED) is 0.571. The summed E-state index contributed by atoms with van der Waals surface area (Å²) in [4.78, 5) is 12.8. The lowest BCUT2D eigenvalue weighted by Crippen LogP contribution is -2.09.